The van der Waals surface area contributed by atoms with Crippen LogP contribution in [0.1, 0.15) is 64.7 Å². The highest BCUT2D eigenvalue weighted by Crippen LogP contribution is 2.38. The van der Waals surface area contributed by atoms with Crippen LogP contribution in [0.15, 0.2) is 18.5 Å². The molecule has 1 fully saturated rings. The lowest BCUT2D eigenvalue weighted by Crippen LogP contribution is -2.34. The Morgan fingerprint density at radius 1 is 1.33 bits per heavy atom. The normalized spacial score (nSPS) is 19.8. The van der Waals surface area contributed by atoms with Crippen LogP contribution in [0, 0.1) is 22.7 Å². The van der Waals surface area contributed by atoms with Gasteiger partial charge in [0, 0.05) is 30.6 Å². The molecular weight excluding hydrogens is 376 g/mol. The molecule has 7 nitrogen and oxygen atoms in total. The third-order valence-corrected chi connectivity index (χ3v) is 6.00. The van der Waals surface area contributed by atoms with Gasteiger partial charge in [0.05, 0.1) is 24.2 Å². The predicted octanol–water partition coefficient (Wildman–Crippen LogP) is 4.26. The molecule has 1 saturated carbocycles. The molecule has 3 aromatic heterocycles. The third kappa shape index (κ3) is 4.18. The van der Waals surface area contributed by atoms with Crippen molar-refractivity contribution in [1.29, 1.82) is 5.26 Å². The molecule has 0 radical (unpaired) electrons. The van der Waals surface area contributed by atoms with Gasteiger partial charge in [0.1, 0.15) is 17.0 Å². The number of hydrogen-bond donors (Lipinski definition) is 2. The van der Waals surface area contributed by atoms with Crippen molar-refractivity contribution < 1.29 is 4.79 Å². The molecule has 0 aromatic carbocycles. The summed E-state index contributed by atoms with van der Waals surface area (Å²) in [5, 5.41) is 13.1. The maximum Gasteiger partial charge on any atom is 0.227 e. The molecule has 3 heterocycles. The van der Waals surface area contributed by atoms with Gasteiger partial charge in [0.2, 0.25) is 5.91 Å². The number of nitriles is 1. The highest BCUT2D eigenvalue weighted by Gasteiger charge is 2.27. The molecule has 1 aliphatic carbocycles. The van der Waals surface area contributed by atoms with Gasteiger partial charge in [-0.3, -0.25) is 4.79 Å². The lowest BCUT2D eigenvalue weighted by Gasteiger charge is -2.30. The molecule has 30 heavy (non-hydrogen) atoms. The van der Waals surface area contributed by atoms with E-state index in [1.165, 1.54) is 0 Å². The van der Waals surface area contributed by atoms with Crippen molar-refractivity contribution in [3.05, 3.63) is 24.3 Å². The Bertz CT molecular complexity index is 1090. The summed E-state index contributed by atoms with van der Waals surface area (Å²) in [7, 11) is 0. The van der Waals surface area contributed by atoms with Crippen LogP contribution in [0.25, 0.3) is 22.1 Å². The first kappa shape index (κ1) is 20.4. The summed E-state index contributed by atoms with van der Waals surface area (Å²) in [6, 6.07) is 4.64. The van der Waals surface area contributed by atoms with Crippen molar-refractivity contribution >= 4 is 28.0 Å². The smallest absolute Gasteiger partial charge is 0.227 e. The van der Waals surface area contributed by atoms with E-state index >= 15 is 0 Å². The molecule has 3 aromatic rings. The number of nitrogens with zero attached hydrogens (tertiary/aromatic N) is 4. The van der Waals surface area contributed by atoms with Gasteiger partial charge in [-0.1, -0.05) is 20.8 Å². The van der Waals surface area contributed by atoms with Crippen LogP contribution < -0.4 is 5.32 Å². The lowest BCUT2D eigenvalue weighted by atomic mass is 9.84. The number of aromatic amines is 1. The second kappa shape index (κ2) is 8.10. The number of pyridine rings is 1. The second-order valence-corrected chi connectivity index (χ2v) is 9.68. The highest BCUT2D eigenvalue weighted by atomic mass is 16.1. The van der Waals surface area contributed by atoms with Crippen LogP contribution in [0.3, 0.4) is 0 Å². The highest BCUT2D eigenvalue weighted by molar-refractivity contribution is 6.01. The van der Waals surface area contributed by atoms with E-state index in [1.54, 1.807) is 6.20 Å². The summed E-state index contributed by atoms with van der Waals surface area (Å²) in [6.45, 7) is 6.96. The standard InChI is InChI=1S/C23H30N6O/c1-23(2,3)14-27-20(30)12-19-28-18-13-26-22-17(9-11-25-22)21(18)29(19)16-6-4-15(5-7-16)8-10-24/h9,11,13,15-16H,4-8,12,14H2,1-3H3,(H,25,26)(H,27,30). The molecule has 2 N–H and O–H groups in total. The minimum absolute atomic E-state index is 0.00193. The number of rotatable bonds is 5. The zero-order valence-corrected chi connectivity index (χ0v) is 18.0. The molecular formula is C23H30N6O. The van der Waals surface area contributed by atoms with Crippen molar-refractivity contribution in [2.24, 2.45) is 11.3 Å². The van der Waals surface area contributed by atoms with Crippen molar-refractivity contribution in [2.45, 2.75) is 65.3 Å². The fourth-order valence-electron chi connectivity index (χ4n) is 4.46. The number of carbonyl (C=O) groups is 1. The molecule has 1 aliphatic rings. The Hall–Kier alpha value is -2.88. The summed E-state index contributed by atoms with van der Waals surface area (Å²) >= 11 is 0. The molecule has 0 atom stereocenters. The Kier molecular flexibility index (Phi) is 5.50. The number of hydrogen-bond acceptors (Lipinski definition) is 4. The summed E-state index contributed by atoms with van der Waals surface area (Å²) in [4.78, 5) is 25.2. The van der Waals surface area contributed by atoms with E-state index in [0.29, 0.717) is 18.9 Å². The Balaban J connectivity index is 1.68. The number of amides is 1. The van der Waals surface area contributed by atoms with E-state index in [2.05, 4.69) is 46.7 Å². The zero-order chi connectivity index (χ0) is 21.3. The van der Waals surface area contributed by atoms with Crippen LogP contribution in [-0.2, 0) is 11.2 Å². The van der Waals surface area contributed by atoms with Crippen LogP contribution >= 0.6 is 0 Å². The minimum Gasteiger partial charge on any atom is -0.355 e. The van der Waals surface area contributed by atoms with Gasteiger partial charge in [-0.05, 0) is 43.1 Å². The Morgan fingerprint density at radius 2 is 2.10 bits per heavy atom. The Morgan fingerprint density at radius 3 is 2.80 bits per heavy atom. The first-order valence-electron chi connectivity index (χ1n) is 10.8. The van der Waals surface area contributed by atoms with Gasteiger partial charge >= 0.3 is 0 Å². The molecule has 158 valence electrons. The van der Waals surface area contributed by atoms with Crippen molar-refractivity contribution in [3.8, 4) is 6.07 Å². The predicted molar refractivity (Wildman–Crippen MR) is 117 cm³/mol. The van der Waals surface area contributed by atoms with E-state index in [-0.39, 0.29) is 23.8 Å². The Labute approximate surface area is 176 Å². The van der Waals surface area contributed by atoms with E-state index in [4.69, 9.17) is 10.2 Å². The average molecular weight is 407 g/mol. The van der Waals surface area contributed by atoms with Gasteiger partial charge < -0.3 is 14.9 Å². The summed E-state index contributed by atoms with van der Waals surface area (Å²) in [5.41, 5.74) is 2.77. The summed E-state index contributed by atoms with van der Waals surface area (Å²) in [6.07, 6.45) is 8.66. The fraction of sp³-hybridized carbons (Fsp3) is 0.565. The fourth-order valence-corrected chi connectivity index (χ4v) is 4.46. The number of fused-ring (bicyclic) bond motifs is 3. The van der Waals surface area contributed by atoms with Gasteiger partial charge in [0.25, 0.3) is 0 Å². The van der Waals surface area contributed by atoms with Crippen LogP contribution in [0.5, 0.6) is 0 Å². The van der Waals surface area contributed by atoms with Crippen LogP contribution in [-0.4, -0.2) is 32.0 Å². The van der Waals surface area contributed by atoms with E-state index in [1.807, 2.05) is 12.3 Å². The molecule has 0 saturated heterocycles. The number of carbonyl (C=O) groups excluding carboxylic acids is 1. The lowest BCUT2D eigenvalue weighted by molar-refractivity contribution is -0.121. The quantitative estimate of drug-likeness (QED) is 0.661. The van der Waals surface area contributed by atoms with Crippen LogP contribution in [0.4, 0.5) is 0 Å². The maximum absolute atomic E-state index is 12.7. The molecule has 1 amide bonds. The molecule has 4 rings (SSSR count). The van der Waals surface area contributed by atoms with Crippen molar-refractivity contribution in [1.82, 2.24) is 24.8 Å². The number of nitrogens with one attached hydrogen (secondary N) is 2. The number of imidazole rings is 1. The first-order chi connectivity index (χ1) is 14.4. The zero-order valence-electron chi connectivity index (χ0n) is 18.0. The second-order valence-electron chi connectivity index (χ2n) is 9.68. The maximum atomic E-state index is 12.7. The molecule has 0 spiro atoms. The van der Waals surface area contributed by atoms with Gasteiger partial charge in [0.15, 0.2) is 0 Å². The SMILES string of the molecule is CC(C)(C)CNC(=O)Cc1nc2cnc3[nH]ccc3c2n1C1CCC(CC#N)CC1. The van der Waals surface area contributed by atoms with Crippen molar-refractivity contribution in [2.75, 3.05) is 6.54 Å². The molecule has 0 unspecified atom stereocenters. The number of H-pyrrole nitrogens is 1. The van der Waals surface area contributed by atoms with Crippen molar-refractivity contribution in [3.63, 3.8) is 0 Å². The van der Waals surface area contributed by atoms with Gasteiger partial charge in [-0.25, -0.2) is 9.97 Å². The third-order valence-electron chi connectivity index (χ3n) is 6.00. The number of aromatic nitrogens is 4. The van der Waals surface area contributed by atoms with Gasteiger partial charge in [-0.15, -0.1) is 0 Å². The monoisotopic (exact) mass is 406 g/mol. The molecule has 0 bridgehead atoms. The van der Waals surface area contributed by atoms with E-state index < -0.39 is 0 Å². The molecule has 0 aliphatic heterocycles. The van der Waals surface area contributed by atoms with E-state index in [0.717, 1.165) is 53.6 Å². The first-order valence-corrected chi connectivity index (χ1v) is 10.8. The minimum atomic E-state index is -0.00193. The van der Waals surface area contributed by atoms with Crippen LogP contribution in [0.2, 0.25) is 0 Å². The summed E-state index contributed by atoms with van der Waals surface area (Å²) in [5.74, 6) is 1.28. The van der Waals surface area contributed by atoms with E-state index in [9.17, 15) is 4.79 Å². The van der Waals surface area contributed by atoms with Gasteiger partial charge in [-0.2, -0.15) is 5.26 Å². The molecule has 7 heteroatoms. The largest absolute Gasteiger partial charge is 0.355 e. The summed E-state index contributed by atoms with van der Waals surface area (Å²) < 4.78 is 2.28. The topological polar surface area (TPSA) is 99.4 Å². The average Bonchev–Trinajstić information content (AvgIpc) is 3.30.